The molecule has 1 heterocycles. The molecule has 0 unspecified atom stereocenters. The van der Waals surface area contributed by atoms with Crippen molar-refractivity contribution in [2.24, 2.45) is 5.92 Å². The van der Waals surface area contributed by atoms with Crippen LogP contribution in [-0.4, -0.2) is 23.4 Å². The fourth-order valence-corrected chi connectivity index (χ4v) is 3.01. The van der Waals surface area contributed by atoms with Gasteiger partial charge in [-0.25, -0.2) is 9.18 Å². The van der Waals surface area contributed by atoms with Gasteiger partial charge in [-0.05, 0) is 53.9 Å². The number of hydrogen-bond acceptors (Lipinski definition) is 2. The van der Waals surface area contributed by atoms with Gasteiger partial charge in [0.05, 0.1) is 0 Å². The van der Waals surface area contributed by atoms with E-state index in [1.807, 2.05) is 36.9 Å². The van der Waals surface area contributed by atoms with Crippen LogP contribution in [0.1, 0.15) is 25.0 Å². The standard InChI is InChI=1S/C20H22FN3O2/c1-13(2)19(25)24-10-9-14-3-6-18(11-15(14)12-24)23-20(26)22-17-7-4-16(21)5-8-17/h3-8,11,13H,9-10,12H2,1-2H3,(H2,22,23,26). The van der Waals surface area contributed by atoms with Crippen molar-refractivity contribution in [3.8, 4) is 0 Å². The van der Waals surface area contributed by atoms with E-state index in [2.05, 4.69) is 10.6 Å². The maximum absolute atomic E-state index is 12.9. The van der Waals surface area contributed by atoms with E-state index in [1.165, 1.54) is 29.8 Å². The van der Waals surface area contributed by atoms with Gasteiger partial charge in [-0.15, -0.1) is 0 Å². The number of nitrogens with zero attached hydrogens (tertiary/aromatic N) is 1. The van der Waals surface area contributed by atoms with Crippen LogP contribution in [0.25, 0.3) is 0 Å². The molecule has 136 valence electrons. The molecular formula is C20H22FN3O2. The van der Waals surface area contributed by atoms with Gasteiger partial charge in [0.1, 0.15) is 5.82 Å². The van der Waals surface area contributed by atoms with Gasteiger partial charge in [0.2, 0.25) is 5.91 Å². The molecule has 0 aliphatic carbocycles. The Morgan fingerprint density at radius 3 is 2.35 bits per heavy atom. The summed E-state index contributed by atoms with van der Waals surface area (Å²) >= 11 is 0. The highest BCUT2D eigenvalue weighted by Crippen LogP contribution is 2.24. The van der Waals surface area contributed by atoms with Crippen LogP contribution in [0.4, 0.5) is 20.6 Å². The number of halogens is 1. The quantitative estimate of drug-likeness (QED) is 0.874. The number of amides is 3. The Balaban J connectivity index is 1.66. The first kappa shape index (κ1) is 17.9. The van der Waals surface area contributed by atoms with Crippen molar-refractivity contribution >= 4 is 23.3 Å². The first-order valence-electron chi connectivity index (χ1n) is 8.66. The monoisotopic (exact) mass is 355 g/mol. The van der Waals surface area contributed by atoms with Crippen molar-refractivity contribution in [2.45, 2.75) is 26.8 Å². The van der Waals surface area contributed by atoms with E-state index in [-0.39, 0.29) is 17.6 Å². The lowest BCUT2D eigenvalue weighted by Gasteiger charge is -2.30. The zero-order valence-electron chi connectivity index (χ0n) is 14.9. The summed E-state index contributed by atoms with van der Waals surface area (Å²) in [5.74, 6) is -0.242. The fourth-order valence-electron chi connectivity index (χ4n) is 3.01. The van der Waals surface area contributed by atoms with Gasteiger partial charge in [-0.1, -0.05) is 19.9 Å². The number of fused-ring (bicyclic) bond motifs is 1. The third-order valence-corrected chi connectivity index (χ3v) is 4.38. The molecule has 1 aliphatic heterocycles. The van der Waals surface area contributed by atoms with Crippen molar-refractivity contribution in [1.29, 1.82) is 0 Å². The van der Waals surface area contributed by atoms with Crippen molar-refractivity contribution in [2.75, 3.05) is 17.2 Å². The summed E-state index contributed by atoms with van der Waals surface area (Å²) in [6.07, 6.45) is 0.815. The summed E-state index contributed by atoms with van der Waals surface area (Å²) in [4.78, 5) is 26.2. The van der Waals surface area contributed by atoms with Gasteiger partial charge in [-0.3, -0.25) is 4.79 Å². The Labute approximate surface area is 152 Å². The second-order valence-corrected chi connectivity index (χ2v) is 6.73. The van der Waals surface area contributed by atoms with Crippen LogP contribution in [0, 0.1) is 11.7 Å². The van der Waals surface area contributed by atoms with Gasteiger partial charge in [0.15, 0.2) is 0 Å². The van der Waals surface area contributed by atoms with E-state index in [1.54, 1.807) is 0 Å². The molecule has 0 spiro atoms. The van der Waals surface area contributed by atoms with E-state index in [4.69, 9.17) is 0 Å². The number of anilines is 2. The normalized spacial score (nSPS) is 13.3. The molecule has 1 aliphatic rings. The predicted octanol–water partition coefficient (Wildman–Crippen LogP) is 4.01. The summed E-state index contributed by atoms with van der Waals surface area (Å²) in [5, 5.41) is 5.43. The number of rotatable bonds is 3. The molecule has 0 fully saturated rings. The summed E-state index contributed by atoms with van der Waals surface area (Å²) in [5.41, 5.74) is 3.41. The van der Waals surface area contributed by atoms with Crippen LogP contribution in [0.15, 0.2) is 42.5 Å². The van der Waals surface area contributed by atoms with Crippen molar-refractivity contribution in [3.63, 3.8) is 0 Å². The number of carbonyl (C=O) groups excluding carboxylic acids is 2. The zero-order valence-corrected chi connectivity index (χ0v) is 14.9. The van der Waals surface area contributed by atoms with Gasteiger partial charge in [0.25, 0.3) is 0 Å². The highest BCUT2D eigenvalue weighted by atomic mass is 19.1. The molecule has 0 bridgehead atoms. The molecule has 2 aromatic rings. The first-order valence-corrected chi connectivity index (χ1v) is 8.66. The molecule has 2 aromatic carbocycles. The molecule has 6 heteroatoms. The average Bonchev–Trinajstić information content (AvgIpc) is 2.62. The second kappa shape index (κ2) is 7.56. The van der Waals surface area contributed by atoms with Gasteiger partial charge < -0.3 is 15.5 Å². The lowest BCUT2D eigenvalue weighted by atomic mass is 9.98. The third-order valence-electron chi connectivity index (χ3n) is 4.38. The van der Waals surface area contributed by atoms with Crippen LogP contribution in [0.3, 0.4) is 0 Å². The Morgan fingerprint density at radius 1 is 1.00 bits per heavy atom. The molecule has 0 saturated carbocycles. The topological polar surface area (TPSA) is 61.4 Å². The maximum Gasteiger partial charge on any atom is 0.323 e. The van der Waals surface area contributed by atoms with Crippen LogP contribution < -0.4 is 10.6 Å². The van der Waals surface area contributed by atoms with Crippen LogP contribution in [0.5, 0.6) is 0 Å². The number of urea groups is 1. The van der Waals surface area contributed by atoms with E-state index >= 15 is 0 Å². The van der Waals surface area contributed by atoms with Gasteiger partial charge in [-0.2, -0.15) is 0 Å². The Kier molecular flexibility index (Phi) is 5.21. The SMILES string of the molecule is CC(C)C(=O)N1CCc2ccc(NC(=O)Nc3ccc(F)cc3)cc2C1. The van der Waals surface area contributed by atoms with Gasteiger partial charge >= 0.3 is 6.03 Å². The average molecular weight is 355 g/mol. The van der Waals surface area contributed by atoms with E-state index < -0.39 is 6.03 Å². The summed E-state index contributed by atoms with van der Waals surface area (Å²) in [6, 6.07) is 10.9. The molecule has 3 amide bonds. The van der Waals surface area contributed by atoms with Crippen LogP contribution in [0.2, 0.25) is 0 Å². The van der Waals surface area contributed by atoms with E-state index in [9.17, 15) is 14.0 Å². The first-order chi connectivity index (χ1) is 12.4. The number of hydrogen-bond donors (Lipinski definition) is 2. The zero-order chi connectivity index (χ0) is 18.7. The maximum atomic E-state index is 12.9. The molecule has 2 N–H and O–H groups in total. The minimum Gasteiger partial charge on any atom is -0.338 e. The summed E-state index contributed by atoms with van der Waals surface area (Å²) < 4.78 is 12.9. The van der Waals surface area contributed by atoms with Gasteiger partial charge in [0, 0.05) is 30.4 Å². The highest BCUT2D eigenvalue weighted by Gasteiger charge is 2.22. The van der Waals surface area contributed by atoms with Crippen LogP contribution in [-0.2, 0) is 17.8 Å². The smallest absolute Gasteiger partial charge is 0.323 e. The lowest BCUT2D eigenvalue weighted by molar-refractivity contribution is -0.135. The van der Waals surface area contributed by atoms with E-state index in [0.717, 1.165) is 18.5 Å². The molecule has 3 rings (SSSR count). The Hall–Kier alpha value is -2.89. The number of nitrogens with one attached hydrogen (secondary N) is 2. The molecule has 0 aromatic heterocycles. The largest absolute Gasteiger partial charge is 0.338 e. The van der Waals surface area contributed by atoms with Crippen molar-refractivity contribution < 1.29 is 14.0 Å². The van der Waals surface area contributed by atoms with Crippen LogP contribution >= 0.6 is 0 Å². The minimum absolute atomic E-state index is 0.0284. The van der Waals surface area contributed by atoms with Crippen molar-refractivity contribution in [3.05, 3.63) is 59.4 Å². The lowest BCUT2D eigenvalue weighted by Crippen LogP contribution is -2.38. The third kappa shape index (κ3) is 4.20. The fraction of sp³-hybridized carbons (Fsp3) is 0.300. The van der Waals surface area contributed by atoms with E-state index in [0.29, 0.717) is 17.9 Å². The van der Waals surface area contributed by atoms with Crippen molar-refractivity contribution in [1.82, 2.24) is 4.90 Å². The second-order valence-electron chi connectivity index (χ2n) is 6.73. The molecule has 5 nitrogen and oxygen atoms in total. The minimum atomic E-state index is -0.400. The molecule has 26 heavy (non-hydrogen) atoms. The number of benzene rings is 2. The molecular weight excluding hydrogens is 333 g/mol. The molecule has 0 atom stereocenters. The Bertz CT molecular complexity index is 818. The molecule has 0 radical (unpaired) electrons. The predicted molar refractivity (Wildman–Crippen MR) is 99.4 cm³/mol. The molecule has 0 saturated heterocycles. The summed E-state index contributed by atoms with van der Waals surface area (Å²) in [7, 11) is 0. The Morgan fingerprint density at radius 2 is 1.65 bits per heavy atom. The number of carbonyl (C=O) groups is 2. The highest BCUT2D eigenvalue weighted by molar-refractivity contribution is 5.99. The summed E-state index contributed by atoms with van der Waals surface area (Å²) in [6.45, 7) is 5.08.